The number of nitrogens with zero attached hydrogens (tertiary/aromatic N) is 2. The lowest BCUT2D eigenvalue weighted by molar-refractivity contribution is 0.0722. The van der Waals surface area contributed by atoms with Crippen molar-refractivity contribution in [2.24, 2.45) is 0 Å². The fourth-order valence-corrected chi connectivity index (χ4v) is 4.35. The maximum absolute atomic E-state index is 13.6. The van der Waals surface area contributed by atoms with Gasteiger partial charge in [-0.25, -0.2) is 0 Å². The predicted octanol–water partition coefficient (Wildman–Crippen LogP) is 4.47. The molecule has 1 aromatic heterocycles. The molecule has 1 aliphatic heterocycles. The van der Waals surface area contributed by atoms with Crippen molar-refractivity contribution in [1.82, 2.24) is 9.80 Å². The van der Waals surface area contributed by atoms with Crippen molar-refractivity contribution in [1.29, 1.82) is 0 Å². The number of amides is 1. The zero-order valence-corrected chi connectivity index (χ0v) is 19.0. The van der Waals surface area contributed by atoms with Gasteiger partial charge in [0.2, 0.25) is 5.76 Å². The highest BCUT2D eigenvalue weighted by Crippen LogP contribution is 2.38. The van der Waals surface area contributed by atoms with Gasteiger partial charge < -0.3 is 14.2 Å². The number of hydrogen-bond donors (Lipinski definition) is 0. The Kier molecular flexibility index (Phi) is 5.71. The third-order valence-corrected chi connectivity index (χ3v) is 6.29. The van der Waals surface area contributed by atoms with Crippen LogP contribution in [0.3, 0.4) is 0 Å². The molecule has 5 nitrogen and oxygen atoms in total. The minimum Gasteiger partial charge on any atom is -0.450 e. The topological polar surface area (TPSA) is 53.8 Å². The molecule has 5 heteroatoms. The summed E-state index contributed by atoms with van der Waals surface area (Å²) in [6.07, 6.45) is 1.76. The summed E-state index contributed by atoms with van der Waals surface area (Å²) in [5, 5.41) is 0.542. The average Bonchev–Trinajstić information content (AvgIpc) is 3.02. The third kappa shape index (κ3) is 3.79. The largest absolute Gasteiger partial charge is 0.450 e. The van der Waals surface area contributed by atoms with Gasteiger partial charge in [0.15, 0.2) is 5.43 Å². The highest BCUT2D eigenvalue weighted by Gasteiger charge is 2.42. The van der Waals surface area contributed by atoms with Crippen LogP contribution in [0.5, 0.6) is 0 Å². The van der Waals surface area contributed by atoms with Crippen LogP contribution in [0.4, 0.5) is 0 Å². The Hall–Kier alpha value is -2.92. The summed E-state index contributed by atoms with van der Waals surface area (Å²) in [4.78, 5) is 30.9. The first-order valence-electron chi connectivity index (χ1n) is 10.9. The monoisotopic (exact) mass is 418 g/mol. The Morgan fingerprint density at radius 2 is 1.71 bits per heavy atom. The van der Waals surface area contributed by atoms with Gasteiger partial charge in [0.25, 0.3) is 5.91 Å². The molecular weight excluding hydrogens is 388 g/mol. The molecule has 31 heavy (non-hydrogen) atoms. The second-order valence-corrected chi connectivity index (χ2v) is 8.76. The number of aryl methyl sites for hydroxylation is 3. The third-order valence-electron chi connectivity index (χ3n) is 6.29. The minimum atomic E-state index is -0.419. The molecule has 1 atom stereocenters. The number of hydrogen-bond acceptors (Lipinski definition) is 4. The second-order valence-electron chi connectivity index (χ2n) is 8.76. The zero-order valence-electron chi connectivity index (χ0n) is 19.0. The molecule has 162 valence electrons. The number of rotatable bonds is 6. The molecule has 0 spiro atoms. The molecule has 1 amide bonds. The summed E-state index contributed by atoms with van der Waals surface area (Å²) in [6, 6.07) is 11.5. The van der Waals surface area contributed by atoms with E-state index in [9.17, 15) is 9.59 Å². The molecule has 1 aliphatic rings. The van der Waals surface area contributed by atoms with E-state index in [1.807, 2.05) is 52.2 Å². The van der Waals surface area contributed by atoms with E-state index >= 15 is 0 Å². The van der Waals surface area contributed by atoms with Crippen molar-refractivity contribution in [3.63, 3.8) is 0 Å². The average molecular weight is 419 g/mol. The van der Waals surface area contributed by atoms with Gasteiger partial charge in [-0.3, -0.25) is 9.59 Å². The molecule has 0 aliphatic carbocycles. The Bertz CT molecular complexity index is 1190. The summed E-state index contributed by atoms with van der Waals surface area (Å²) >= 11 is 0. The Balaban J connectivity index is 1.88. The predicted molar refractivity (Wildman–Crippen MR) is 124 cm³/mol. The van der Waals surface area contributed by atoms with Crippen LogP contribution in [-0.2, 0) is 6.42 Å². The molecule has 0 fully saturated rings. The normalized spacial score (nSPS) is 15.9. The van der Waals surface area contributed by atoms with Gasteiger partial charge >= 0.3 is 0 Å². The summed E-state index contributed by atoms with van der Waals surface area (Å²) in [5.41, 5.74) is 5.10. The van der Waals surface area contributed by atoms with E-state index in [0.717, 1.165) is 36.1 Å². The number of carbonyl (C=O) groups is 1. The van der Waals surface area contributed by atoms with Crippen LogP contribution in [0.1, 0.15) is 57.8 Å². The SMILES string of the molecule is CCc1ccc([C@@H]2c3c(oc4cc(C)c(C)cc4c3=O)C(=O)N2CCCN(C)C)cc1. The molecule has 0 radical (unpaired) electrons. The molecule has 2 heterocycles. The van der Waals surface area contributed by atoms with Gasteiger partial charge in [-0.2, -0.15) is 0 Å². The molecular formula is C26H30N2O3. The van der Waals surface area contributed by atoms with Gasteiger partial charge in [0, 0.05) is 6.54 Å². The molecule has 4 rings (SSSR count). The molecule has 3 aromatic rings. The highest BCUT2D eigenvalue weighted by molar-refractivity contribution is 5.99. The molecule has 0 unspecified atom stereocenters. The summed E-state index contributed by atoms with van der Waals surface area (Å²) in [6.45, 7) is 7.51. The van der Waals surface area contributed by atoms with Crippen LogP contribution in [-0.4, -0.2) is 42.9 Å². The second kappa shape index (κ2) is 8.31. The maximum atomic E-state index is 13.6. The van der Waals surface area contributed by atoms with Crippen LogP contribution in [0.15, 0.2) is 45.6 Å². The number of benzene rings is 2. The van der Waals surface area contributed by atoms with Gasteiger partial charge in [-0.05, 0) is 81.7 Å². The van der Waals surface area contributed by atoms with Crippen molar-refractivity contribution in [2.75, 3.05) is 27.2 Å². The quantitative estimate of drug-likeness (QED) is 0.593. The maximum Gasteiger partial charge on any atom is 0.290 e. The van der Waals surface area contributed by atoms with Crippen molar-refractivity contribution in [2.45, 2.75) is 39.7 Å². The summed E-state index contributed by atoms with van der Waals surface area (Å²) in [5.74, 6) is -0.00859. The lowest BCUT2D eigenvalue weighted by atomic mass is 9.96. The first kappa shape index (κ1) is 21.3. The highest BCUT2D eigenvalue weighted by atomic mass is 16.3. The van der Waals surface area contributed by atoms with Crippen LogP contribution in [0.2, 0.25) is 0 Å². The van der Waals surface area contributed by atoms with Crippen molar-refractivity contribution in [3.05, 3.63) is 80.2 Å². The molecule has 2 aromatic carbocycles. The van der Waals surface area contributed by atoms with Crippen LogP contribution < -0.4 is 5.43 Å². The molecule has 0 saturated heterocycles. The number of fused-ring (bicyclic) bond motifs is 2. The van der Waals surface area contributed by atoms with Crippen molar-refractivity contribution < 1.29 is 9.21 Å². The van der Waals surface area contributed by atoms with E-state index < -0.39 is 6.04 Å². The van der Waals surface area contributed by atoms with Gasteiger partial charge in [-0.1, -0.05) is 31.2 Å². The Morgan fingerprint density at radius 3 is 2.35 bits per heavy atom. The zero-order chi connectivity index (χ0) is 22.3. The van der Waals surface area contributed by atoms with Crippen LogP contribution >= 0.6 is 0 Å². The molecule has 0 saturated carbocycles. The molecule has 0 N–H and O–H groups in total. The van der Waals surface area contributed by atoms with E-state index in [-0.39, 0.29) is 17.1 Å². The van der Waals surface area contributed by atoms with E-state index in [2.05, 4.69) is 24.0 Å². The van der Waals surface area contributed by atoms with Gasteiger partial charge in [0.05, 0.1) is 17.0 Å². The molecule has 0 bridgehead atoms. The standard InChI is InChI=1S/C26H30N2O3/c1-6-18-8-10-19(11-9-18)23-22-24(29)20-14-16(2)17(3)15-21(20)31-25(22)26(30)28(23)13-7-12-27(4)5/h8-11,14-15,23H,6-7,12-13H2,1-5H3/t23-/m1/s1. The van der Waals surface area contributed by atoms with E-state index in [4.69, 9.17) is 4.42 Å². The van der Waals surface area contributed by atoms with Crippen LogP contribution in [0.25, 0.3) is 11.0 Å². The number of carbonyl (C=O) groups excluding carboxylic acids is 1. The lowest BCUT2D eigenvalue weighted by Crippen LogP contribution is -2.32. The van der Waals surface area contributed by atoms with Crippen LogP contribution in [0, 0.1) is 13.8 Å². The van der Waals surface area contributed by atoms with E-state index in [1.165, 1.54) is 5.56 Å². The first-order chi connectivity index (χ1) is 14.8. The lowest BCUT2D eigenvalue weighted by Gasteiger charge is -2.26. The smallest absolute Gasteiger partial charge is 0.290 e. The van der Waals surface area contributed by atoms with Crippen molar-refractivity contribution >= 4 is 16.9 Å². The Labute approximate surface area is 183 Å². The first-order valence-corrected chi connectivity index (χ1v) is 10.9. The van der Waals surface area contributed by atoms with Gasteiger partial charge in [0.1, 0.15) is 5.58 Å². The fraction of sp³-hybridized carbons (Fsp3) is 0.385. The Morgan fingerprint density at radius 1 is 1.03 bits per heavy atom. The minimum absolute atomic E-state index is 0.104. The summed E-state index contributed by atoms with van der Waals surface area (Å²) < 4.78 is 6.09. The van der Waals surface area contributed by atoms with E-state index in [0.29, 0.717) is 23.1 Å². The van der Waals surface area contributed by atoms with Gasteiger partial charge in [-0.15, -0.1) is 0 Å². The van der Waals surface area contributed by atoms with E-state index in [1.54, 1.807) is 4.90 Å². The summed E-state index contributed by atoms with van der Waals surface area (Å²) in [7, 11) is 4.04. The fourth-order valence-electron chi connectivity index (χ4n) is 4.35. The van der Waals surface area contributed by atoms with Crippen molar-refractivity contribution in [3.8, 4) is 0 Å².